The Labute approximate surface area is 331 Å². The number of phosphoric ester groups is 1. The molecule has 0 amide bonds. The van der Waals surface area contributed by atoms with Gasteiger partial charge in [-0.1, -0.05) is 142 Å². The number of aliphatic hydroxyl groups excluding tert-OH is 5. The molecule has 0 radical (unpaired) electrons. The molecule has 1 aliphatic carbocycles. The van der Waals surface area contributed by atoms with Crippen LogP contribution < -0.4 is 0 Å². The number of ether oxygens (including phenoxy) is 2. The van der Waals surface area contributed by atoms with Gasteiger partial charge in [-0.15, -0.1) is 0 Å². The summed E-state index contributed by atoms with van der Waals surface area (Å²) in [4.78, 5) is 35.5. The van der Waals surface area contributed by atoms with Crippen LogP contribution in [0.5, 0.6) is 0 Å². The SMILES string of the molecule is CCCCCCC=CCCCCCCCC(=O)OC[C@H](COP(=O)(O)OC1C(O)C(O)C(O)[C@@H](O)C1O)OC(=O)CCCCCCCCCCCCCCC. The number of phosphoric acid groups is 1. The van der Waals surface area contributed by atoms with E-state index < -0.39 is 75.7 Å². The molecule has 8 atom stereocenters. The van der Waals surface area contributed by atoms with Gasteiger partial charge < -0.3 is 39.9 Å². The number of rotatable bonds is 35. The van der Waals surface area contributed by atoms with Crippen molar-refractivity contribution < 1.29 is 63.1 Å². The standard InChI is InChI=1S/C41H77O13P/c1-3-5-7-9-11-13-15-17-19-21-23-25-27-29-34(42)51-31-33(32-52-55(49,50)54-41-39(47)37(45)36(44)38(46)40(41)48)53-35(43)30-28-26-24-22-20-18-16-14-12-10-8-6-4-2/h13,15,33,36-41,44-48H,3-12,14,16-32H2,1-2H3,(H,49,50)/t33-,36?,37-,38?,39?,40?,41?/m1/s1. The second kappa shape index (κ2) is 32.5. The summed E-state index contributed by atoms with van der Waals surface area (Å²) >= 11 is 0. The van der Waals surface area contributed by atoms with Crippen molar-refractivity contribution in [2.45, 2.75) is 224 Å². The predicted octanol–water partition coefficient (Wildman–Crippen LogP) is 7.50. The summed E-state index contributed by atoms with van der Waals surface area (Å²) < 4.78 is 33.4. The molecule has 0 heterocycles. The Morgan fingerprint density at radius 2 is 0.927 bits per heavy atom. The van der Waals surface area contributed by atoms with E-state index in [1.54, 1.807) is 0 Å². The first-order valence-electron chi connectivity index (χ1n) is 21.5. The zero-order valence-electron chi connectivity index (χ0n) is 34.0. The van der Waals surface area contributed by atoms with E-state index in [2.05, 4.69) is 26.0 Å². The zero-order chi connectivity index (χ0) is 40.7. The second-order valence-corrected chi connectivity index (χ2v) is 16.6. The van der Waals surface area contributed by atoms with Crippen LogP contribution in [0.15, 0.2) is 12.2 Å². The molecule has 1 saturated carbocycles. The molecular weight excluding hydrogens is 731 g/mol. The molecule has 0 aromatic rings. The Kier molecular flexibility index (Phi) is 30.5. The molecule has 1 aliphatic rings. The Morgan fingerprint density at radius 3 is 1.40 bits per heavy atom. The molecule has 0 spiro atoms. The van der Waals surface area contributed by atoms with Gasteiger partial charge in [0.15, 0.2) is 6.10 Å². The highest BCUT2D eigenvalue weighted by Crippen LogP contribution is 2.47. The number of esters is 2. The lowest BCUT2D eigenvalue weighted by Gasteiger charge is -2.41. The van der Waals surface area contributed by atoms with Crippen LogP contribution in [0, 0.1) is 0 Å². The second-order valence-electron chi connectivity index (χ2n) is 15.2. The monoisotopic (exact) mass is 809 g/mol. The van der Waals surface area contributed by atoms with Gasteiger partial charge in [-0.25, -0.2) is 4.57 Å². The lowest BCUT2D eigenvalue weighted by atomic mass is 9.85. The smallest absolute Gasteiger partial charge is 0.462 e. The third-order valence-electron chi connectivity index (χ3n) is 10.1. The normalized spacial score (nSPS) is 23.1. The van der Waals surface area contributed by atoms with Crippen LogP contribution in [-0.4, -0.2) is 98.3 Å². The van der Waals surface area contributed by atoms with Crippen molar-refractivity contribution in [2.24, 2.45) is 0 Å². The van der Waals surface area contributed by atoms with Gasteiger partial charge in [0, 0.05) is 12.8 Å². The van der Waals surface area contributed by atoms with Crippen molar-refractivity contribution in [3.05, 3.63) is 12.2 Å². The van der Waals surface area contributed by atoms with Crippen LogP contribution in [0.25, 0.3) is 0 Å². The Morgan fingerprint density at radius 1 is 0.545 bits per heavy atom. The van der Waals surface area contributed by atoms with E-state index >= 15 is 0 Å². The predicted molar refractivity (Wildman–Crippen MR) is 212 cm³/mol. The van der Waals surface area contributed by atoms with Gasteiger partial charge in [0.25, 0.3) is 0 Å². The maximum atomic E-state index is 12.8. The molecule has 13 nitrogen and oxygen atoms in total. The van der Waals surface area contributed by atoms with E-state index in [0.29, 0.717) is 12.8 Å². The summed E-state index contributed by atoms with van der Waals surface area (Å²) in [5, 5.41) is 50.0. The van der Waals surface area contributed by atoms with E-state index in [4.69, 9.17) is 18.5 Å². The molecule has 0 aromatic heterocycles. The van der Waals surface area contributed by atoms with Gasteiger partial charge in [0.05, 0.1) is 6.61 Å². The largest absolute Gasteiger partial charge is 0.472 e. The summed E-state index contributed by atoms with van der Waals surface area (Å²) in [7, 11) is -5.11. The highest BCUT2D eigenvalue weighted by atomic mass is 31.2. The number of carbonyl (C=O) groups excluding carboxylic acids is 2. The van der Waals surface area contributed by atoms with Crippen molar-refractivity contribution in [1.29, 1.82) is 0 Å². The van der Waals surface area contributed by atoms with E-state index in [0.717, 1.165) is 64.2 Å². The number of unbranched alkanes of at least 4 members (excludes halogenated alkanes) is 21. The van der Waals surface area contributed by atoms with Crippen LogP contribution in [0.4, 0.5) is 0 Å². The topological polar surface area (TPSA) is 210 Å². The third-order valence-corrected chi connectivity index (χ3v) is 11.1. The zero-order valence-corrected chi connectivity index (χ0v) is 34.9. The fourth-order valence-corrected chi connectivity index (χ4v) is 7.55. The fraction of sp³-hybridized carbons (Fsp3) is 0.902. The van der Waals surface area contributed by atoms with Gasteiger partial charge in [0.2, 0.25) is 0 Å². The summed E-state index contributed by atoms with van der Waals surface area (Å²) in [5.41, 5.74) is 0. The van der Waals surface area contributed by atoms with Crippen LogP contribution >= 0.6 is 7.82 Å². The highest BCUT2D eigenvalue weighted by molar-refractivity contribution is 7.47. The van der Waals surface area contributed by atoms with Crippen LogP contribution in [0.1, 0.15) is 181 Å². The van der Waals surface area contributed by atoms with Crippen LogP contribution in [0.3, 0.4) is 0 Å². The summed E-state index contributed by atoms with van der Waals surface area (Å²) in [5.74, 6) is -1.10. The number of aliphatic hydroxyl groups is 5. The summed E-state index contributed by atoms with van der Waals surface area (Å²) in [6.45, 7) is 3.26. The van der Waals surface area contributed by atoms with Gasteiger partial charge >= 0.3 is 19.8 Å². The maximum Gasteiger partial charge on any atom is 0.472 e. The number of carbonyl (C=O) groups is 2. The first kappa shape index (κ1) is 51.6. The van der Waals surface area contributed by atoms with Gasteiger partial charge in [-0.05, 0) is 38.5 Å². The highest BCUT2D eigenvalue weighted by Gasteiger charge is 2.51. The molecule has 324 valence electrons. The minimum absolute atomic E-state index is 0.100. The summed E-state index contributed by atoms with van der Waals surface area (Å²) in [6.07, 6.45) is 18.5. The van der Waals surface area contributed by atoms with Crippen molar-refractivity contribution in [1.82, 2.24) is 0 Å². The number of hydrogen-bond donors (Lipinski definition) is 6. The van der Waals surface area contributed by atoms with E-state index in [1.807, 2.05) is 0 Å². The van der Waals surface area contributed by atoms with Crippen LogP contribution in [0.2, 0.25) is 0 Å². The van der Waals surface area contributed by atoms with E-state index in [9.17, 15) is 44.6 Å². The number of hydrogen-bond acceptors (Lipinski definition) is 12. The average molecular weight is 809 g/mol. The molecule has 0 bridgehead atoms. The first-order chi connectivity index (χ1) is 26.4. The van der Waals surface area contributed by atoms with Crippen molar-refractivity contribution in [3.8, 4) is 0 Å². The van der Waals surface area contributed by atoms with Gasteiger partial charge in [0.1, 0.15) is 43.2 Å². The molecular formula is C41H77O13P. The molecule has 1 fully saturated rings. The van der Waals surface area contributed by atoms with Gasteiger partial charge in [-0.2, -0.15) is 0 Å². The maximum absolute atomic E-state index is 12.8. The van der Waals surface area contributed by atoms with E-state index in [-0.39, 0.29) is 12.8 Å². The van der Waals surface area contributed by atoms with Crippen molar-refractivity contribution in [2.75, 3.05) is 13.2 Å². The van der Waals surface area contributed by atoms with Crippen molar-refractivity contribution >= 4 is 19.8 Å². The fourth-order valence-electron chi connectivity index (χ4n) is 6.58. The molecule has 0 aromatic carbocycles. The lowest BCUT2D eigenvalue weighted by molar-refractivity contribution is -0.220. The summed E-state index contributed by atoms with van der Waals surface area (Å²) in [6, 6.07) is 0. The van der Waals surface area contributed by atoms with Crippen LogP contribution in [-0.2, 0) is 32.7 Å². The van der Waals surface area contributed by atoms with Gasteiger partial charge in [-0.3, -0.25) is 18.6 Å². The molecule has 55 heavy (non-hydrogen) atoms. The lowest BCUT2D eigenvalue weighted by Crippen LogP contribution is -2.64. The molecule has 0 saturated heterocycles. The molecule has 1 rings (SSSR count). The minimum Gasteiger partial charge on any atom is -0.462 e. The Hall–Kier alpha value is -1.41. The third kappa shape index (κ3) is 25.5. The Balaban J connectivity index is 2.50. The quantitative estimate of drug-likeness (QED) is 0.0159. The first-order valence-corrected chi connectivity index (χ1v) is 23.0. The van der Waals surface area contributed by atoms with E-state index in [1.165, 1.54) is 77.0 Å². The molecule has 6 N–H and O–H groups in total. The average Bonchev–Trinajstić information content (AvgIpc) is 3.16. The number of allylic oxidation sites excluding steroid dienone is 2. The minimum atomic E-state index is -5.11. The molecule has 14 heteroatoms. The molecule has 0 aliphatic heterocycles. The molecule has 6 unspecified atom stereocenters. The Bertz CT molecular complexity index is 1030. The van der Waals surface area contributed by atoms with Crippen molar-refractivity contribution in [3.63, 3.8) is 0 Å².